The highest BCUT2D eigenvalue weighted by Crippen LogP contribution is 2.32. The lowest BCUT2D eigenvalue weighted by atomic mass is 9.92. The summed E-state index contributed by atoms with van der Waals surface area (Å²) in [5.41, 5.74) is 0.884. The molecule has 0 spiro atoms. The van der Waals surface area contributed by atoms with Gasteiger partial charge in [0.25, 0.3) is 0 Å². The first-order valence-electron chi connectivity index (χ1n) is 4.98. The molecule has 1 N–H and O–H groups in total. The fraction of sp³-hybridized carbons (Fsp3) is 0.545. The van der Waals surface area contributed by atoms with E-state index in [2.05, 4.69) is 4.98 Å². The van der Waals surface area contributed by atoms with E-state index in [1.165, 1.54) is 0 Å². The molecule has 14 heavy (non-hydrogen) atoms. The Morgan fingerprint density at radius 1 is 1.64 bits per heavy atom. The number of nitrogens with zero attached hydrogens (tertiary/aromatic N) is 1. The van der Waals surface area contributed by atoms with E-state index in [9.17, 15) is 5.11 Å². The number of hydrogen-bond acceptors (Lipinski definition) is 3. The Morgan fingerprint density at radius 3 is 3.07 bits per heavy atom. The number of aliphatic hydroxyl groups excluding tert-OH is 1. The van der Waals surface area contributed by atoms with Gasteiger partial charge in [0, 0.05) is 24.9 Å². The van der Waals surface area contributed by atoms with Gasteiger partial charge in [-0.05, 0) is 25.0 Å². The summed E-state index contributed by atoms with van der Waals surface area (Å²) >= 11 is 0. The van der Waals surface area contributed by atoms with Crippen LogP contribution < -0.4 is 0 Å². The van der Waals surface area contributed by atoms with E-state index < -0.39 is 6.10 Å². The van der Waals surface area contributed by atoms with Crippen LogP contribution in [0.5, 0.6) is 0 Å². The second kappa shape index (κ2) is 4.07. The molecular weight excluding hydrogens is 178 g/mol. The van der Waals surface area contributed by atoms with E-state index in [0.717, 1.165) is 18.6 Å². The van der Waals surface area contributed by atoms with Crippen molar-refractivity contribution in [2.24, 2.45) is 5.92 Å². The third-order valence-corrected chi connectivity index (χ3v) is 2.87. The number of pyridine rings is 1. The Bertz CT molecular complexity index is 289. The predicted molar refractivity (Wildman–Crippen MR) is 52.7 cm³/mol. The number of rotatable bonds is 2. The van der Waals surface area contributed by atoms with Gasteiger partial charge < -0.3 is 9.84 Å². The molecular formula is C11H15NO2. The first-order valence-corrected chi connectivity index (χ1v) is 4.98. The highest BCUT2D eigenvalue weighted by molar-refractivity contribution is 5.13. The molecule has 1 aliphatic heterocycles. The van der Waals surface area contributed by atoms with E-state index >= 15 is 0 Å². The first kappa shape index (κ1) is 9.62. The molecule has 1 aromatic heterocycles. The molecule has 3 atom stereocenters. The minimum absolute atomic E-state index is 0.144. The van der Waals surface area contributed by atoms with Crippen LogP contribution in [0.4, 0.5) is 0 Å². The fourth-order valence-corrected chi connectivity index (χ4v) is 1.96. The SMILES string of the molecule is CC1OCCC1C(O)c1cccnc1. The highest BCUT2D eigenvalue weighted by Gasteiger charge is 2.31. The standard InChI is InChI=1S/C11H15NO2/c1-8-10(4-6-14-8)11(13)9-3-2-5-12-7-9/h2-3,5,7-8,10-11,13H,4,6H2,1H3. The van der Waals surface area contributed by atoms with Gasteiger partial charge in [-0.2, -0.15) is 0 Å². The Morgan fingerprint density at radius 2 is 2.50 bits per heavy atom. The highest BCUT2D eigenvalue weighted by atomic mass is 16.5. The van der Waals surface area contributed by atoms with Gasteiger partial charge in [-0.3, -0.25) is 4.98 Å². The molecule has 1 aromatic rings. The molecule has 1 saturated heterocycles. The smallest absolute Gasteiger partial charge is 0.0858 e. The van der Waals surface area contributed by atoms with Gasteiger partial charge in [0.15, 0.2) is 0 Å². The third-order valence-electron chi connectivity index (χ3n) is 2.87. The number of hydrogen-bond donors (Lipinski definition) is 1. The summed E-state index contributed by atoms with van der Waals surface area (Å²) in [6.07, 6.45) is 4.06. The van der Waals surface area contributed by atoms with Crippen molar-refractivity contribution in [1.29, 1.82) is 0 Å². The molecule has 76 valence electrons. The van der Waals surface area contributed by atoms with E-state index in [1.807, 2.05) is 19.1 Å². The van der Waals surface area contributed by atoms with Crippen molar-refractivity contribution in [1.82, 2.24) is 4.98 Å². The van der Waals surface area contributed by atoms with Gasteiger partial charge in [0.1, 0.15) is 0 Å². The largest absolute Gasteiger partial charge is 0.388 e. The van der Waals surface area contributed by atoms with Crippen LogP contribution in [0.1, 0.15) is 25.0 Å². The minimum atomic E-state index is -0.443. The number of aliphatic hydroxyl groups is 1. The van der Waals surface area contributed by atoms with Crippen molar-refractivity contribution in [3.05, 3.63) is 30.1 Å². The van der Waals surface area contributed by atoms with Gasteiger partial charge in [0.05, 0.1) is 12.2 Å². The number of ether oxygens (including phenoxy) is 1. The molecule has 2 heterocycles. The quantitative estimate of drug-likeness (QED) is 0.774. The van der Waals surface area contributed by atoms with Gasteiger partial charge in [-0.15, -0.1) is 0 Å². The molecule has 0 saturated carbocycles. The van der Waals surface area contributed by atoms with Crippen LogP contribution in [-0.4, -0.2) is 22.8 Å². The monoisotopic (exact) mass is 193 g/mol. The van der Waals surface area contributed by atoms with Crippen LogP contribution in [0.15, 0.2) is 24.5 Å². The van der Waals surface area contributed by atoms with Crippen LogP contribution in [-0.2, 0) is 4.74 Å². The van der Waals surface area contributed by atoms with E-state index in [0.29, 0.717) is 0 Å². The fourth-order valence-electron chi connectivity index (χ4n) is 1.96. The molecule has 2 rings (SSSR count). The molecule has 0 amide bonds. The van der Waals surface area contributed by atoms with Crippen molar-refractivity contribution in [2.75, 3.05) is 6.61 Å². The summed E-state index contributed by atoms with van der Waals surface area (Å²) in [4.78, 5) is 4.00. The molecule has 1 aliphatic rings. The average Bonchev–Trinajstić information content (AvgIpc) is 2.65. The van der Waals surface area contributed by atoms with Crippen molar-refractivity contribution < 1.29 is 9.84 Å². The molecule has 0 aromatic carbocycles. The van der Waals surface area contributed by atoms with Gasteiger partial charge in [-0.1, -0.05) is 6.07 Å². The molecule has 0 radical (unpaired) electrons. The molecule has 3 unspecified atom stereocenters. The summed E-state index contributed by atoms with van der Waals surface area (Å²) in [7, 11) is 0. The summed E-state index contributed by atoms with van der Waals surface area (Å²) in [5, 5.41) is 10.1. The normalized spacial score (nSPS) is 29.0. The van der Waals surface area contributed by atoms with Crippen molar-refractivity contribution in [3.63, 3.8) is 0 Å². The summed E-state index contributed by atoms with van der Waals surface area (Å²) < 4.78 is 5.43. The summed E-state index contributed by atoms with van der Waals surface area (Å²) in [6, 6.07) is 3.75. The Hall–Kier alpha value is -0.930. The van der Waals surface area contributed by atoms with Crippen LogP contribution in [0, 0.1) is 5.92 Å². The predicted octanol–water partition coefficient (Wildman–Crippen LogP) is 1.54. The van der Waals surface area contributed by atoms with Gasteiger partial charge in [0.2, 0.25) is 0 Å². The summed E-state index contributed by atoms with van der Waals surface area (Å²) in [6.45, 7) is 2.76. The van der Waals surface area contributed by atoms with Crippen LogP contribution in [0.25, 0.3) is 0 Å². The lowest BCUT2D eigenvalue weighted by Gasteiger charge is -2.20. The molecule has 0 bridgehead atoms. The Balaban J connectivity index is 2.12. The molecule has 1 fully saturated rings. The van der Waals surface area contributed by atoms with Crippen LogP contribution in [0.3, 0.4) is 0 Å². The van der Waals surface area contributed by atoms with Crippen molar-refractivity contribution in [2.45, 2.75) is 25.6 Å². The maximum atomic E-state index is 10.1. The topological polar surface area (TPSA) is 42.4 Å². The lowest BCUT2D eigenvalue weighted by molar-refractivity contribution is 0.0430. The van der Waals surface area contributed by atoms with Crippen LogP contribution >= 0.6 is 0 Å². The maximum Gasteiger partial charge on any atom is 0.0858 e. The van der Waals surface area contributed by atoms with Gasteiger partial charge in [-0.25, -0.2) is 0 Å². The molecule has 3 nitrogen and oxygen atoms in total. The second-order valence-corrected chi connectivity index (χ2v) is 3.76. The maximum absolute atomic E-state index is 10.1. The zero-order valence-corrected chi connectivity index (χ0v) is 8.26. The van der Waals surface area contributed by atoms with Crippen molar-refractivity contribution >= 4 is 0 Å². The zero-order chi connectivity index (χ0) is 9.97. The van der Waals surface area contributed by atoms with E-state index in [-0.39, 0.29) is 12.0 Å². The minimum Gasteiger partial charge on any atom is -0.388 e. The average molecular weight is 193 g/mol. The Kier molecular flexibility index (Phi) is 2.79. The van der Waals surface area contributed by atoms with Crippen LogP contribution in [0.2, 0.25) is 0 Å². The van der Waals surface area contributed by atoms with Gasteiger partial charge >= 0.3 is 0 Å². The zero-order valence-electron chi connectivity index (χ0n) is 8.26. The van der Waals surface area contributed by atoms with E-state index in [4.69, 9.17) is 4.74 Å². The summed E-state index contributed by atoms with van der Waals surface area (Å²) in [5.74, 6) is 0.208. The Labute approximate surface area is 83.7 Å². The number of aromatic nitrogens is 1. The first-order chi connectivity index (χ1) is 6.79. The molecule has 0 aliphatic carbocycles. The third kappa shape index (κ3) is 1.79. The lowest BCUT2D eigenvalue weighted by Crippen LogP contribution is -2.19. The second-order valence-electron chi connectivity index (χ2n) is 3.76. The van der Waals surface area contributed by atoms with E-state index in [1.54, 1.807) is 12.4 Å². The van der Waals surface area contributed by atoms with Crippen molar-refractivity contribution in [3.8, 4) is 0 Å². The molecule has 3 heteroatoms.